The van der Waals surface area contributed by atoms with Crippen LogP contribution < -0.4 is 5.32 Å². The molecule has 3 nitrogen and oxygen atoms in total. The maximum Gasteiger partial charge on any atom is 0.254 e. The fourth-order valence-corrected chi connectivity index (χ4v) is 2.33. The largest absolute Gasteiger partial charge is 0.350 e. The van der Waals surface area contributed by atoms with Crippen molar-refractivity contribution in [3.05, 3.63) is 35.4 Å². The van der Waals surface area contributed by atoms with E-state index < -0.39 is 17.5 Å². The molecular formula is C14H18F2N2O. The van der Waals surface area contributed by atoms with Crippen molar-refractivity contribution in [2.24, 2.45) is 0 Å². The van der Waals surface area contributed by atoms with E-state index in [1.807, 2.05) is 6.92 Å². The Morgan fingerprint density at radius 2 is 2.05 bits per heavy atom. The first-order chi connectivity index (χ1) is 9.09. The van der Waals surface area contributed by atoms with Crippen LogP contribution in [0.1, 0.15) is 30.1 Å². The molecule has 1 aliphatic heterocycles. The summed E-state index contributed by atoms with van der Waals surface area (Å²) in [6, 6.07) is 3.83. The van der Waals surface area contributed by atoms with Gasteiger partial charge in [0, 0.05) is 12.6 Å². The van der Waals surface area contributed by atoms with Gasteiger partial charge < -0.3 is 5.32 Å². The standard InChI is InChI=1S/C14H18F2N2O/c1-10(18-7-2-3-8-18)9-17-14(19)11-5-4-6-12(15)13(11)16/h4-6,10H,2-3,7-9H2,1H3,(H,17,19). The lowest BCUT2D eigenvalue weighted by Crippen LogP contribution is -2.40. The summed E-state index contributed by atoms with van der Waals surface area (Å²) in [5.74, 6) is -2.66. The second kappa shape index (κ2) is 6.10. The molecular weight excluding hydrogens is 250 g/mol. The lowest BCUT2D eigenvalue weighted by molar-refractivity contribution is 0.0935. The Morgan fingerprint density at radius 1 is 1.37 bits per heavy atom. The molecule has 1 fully saturated rings. The molecule has 0 aromatic heterocycles. The van der Waals surface area contributed by atoms with Crippen LogP contribution in [0.25, 0.3) is 0 Å². The van der Waals surface area contributed by atoms with E-state index in [-0.39, 0.29) is 11.6 Å². The molecule has 5 heteroatoms. The number of hydrogen-bond acceptors (Lipinski definition) is 2. The predicted molar refractivity (Wildman–Crippen MR) is 69.0 cm³/mol. The van der Waals surface area contributed by atoms with E-state index in [0.717, 1.165) is 19.2 Å². The molecule has 0 spiro atoms. The number of carbonyl (C=O) groups is 1. The summed E-state index contributed by atoms with van der Waals surface area (Å²) in [7, 11) is 0. The van der Waals surface area contributed by atoms with Crippen molar-refractivity contribution >= 4 is 5.91 Å². The third kappa shape index (κ3) is 3.29. The Morgan fingerprint density at radius 3 is 2.74 bits per heavy atom. The molecule has 1 atom stereocenters. The zero-order valence-corrected chi connectivity index (χ0v) is 11.0. The summed E-state index contributed by atoms with van der Waals surface area (Å²) in [4.78, 5) is 14.1. The Bertz CT molecular complexity index is 459. The van der Waals surface area contributed by atoms with E-state index in [0.29, 0.717) is 6.54 Å². The van der Waals surface area contributed by atoms with Gasteiger partial charge in [0.05, 0.1) is 5.56 Å². The van der Waals surface area contributed by atoms with E-state index in [4.69, 9.17) is 0 Å². The Hall–Kier alpha value is -1.49. The molecule has 0 saturated carbocycles. The second-order valence-electron chi connectivity index (χ2n) is 4.90. The number of halogens is 2. The third-order valence-electron chi connectivity index (χ3n) is 3.52. The number of rotatable bonds is 4. The molecule has 0 bridgehead atoms. The normalized spacial score (nSPS) is 17.4. The average Bonchev–Trinajstić information content (AvgIpc) is 2.93. The molecule has 0 aliphatic carbocycles. The molecule has 1 N–H and O–H groups in total. The van der Waals surface area contributed by atoms with Gasteiger partial charge in [0.15, 0.2) is 11.6 Å². The smallest absolute Gasteiger partial charge is 0.254 e. The van der Waals surface area contributed by atoms with Crippen molar-refractivity contribution in [1.82, 2.24) is 10.2 Å². The number of hydrogen-bond donors (Lipinski definition) is 1. The van der Waals surface area contributed by atoms with Gasteiger partial charge in [-0.3, -0.25) is 9.69 Å². The Kier molecular flexibility index (Phi) is 4.47. The predicted octanol–water partition coefficient (Wildman–Crippen LogP) is 2.18. The molecule has 1 heterocycles. The van der Waals surface area contributed by atoms with Gasteiger partial charge >= 0.3 is 0 Å². The zero-order chi connectivity index (χ0) is 13.8. The first-order valence-electron chi connectivity index (χ1n) is 6.56. The molecule has 1 amide bonds. The monoisotopic (exact) mass is 268 g/mol. The van der Waals surface area contributed by atoms with Crippen LogP contribution in [-0.4, -0.2) is 36.5 Å². The topological polar surface area (TPSA) is 32.3 Å². The summed E-state index contributed by atoms with van der Waals surface area (Å²) in [6.45, 7) is 4.53. The van der Waals surface area contributed by atoms with Crippen molar-refractivity contribution in [2.45, 2.75) is 25.8 Å². The number of likely N-dealkylation sites (tertiary alicyclic amines) is 1. The molecule has 2 rings (SSSR count). The maximum atomic E-state index is 13.4. The zero-order valence-electron chi connectivity index (χ0n) is 11.0. The lowest BCUT2D eigenvalue weighted by atomic mass is 10.2. The number of benzene rings is 1. The maximum absolute atomic E-state index is 13.4. The summed E-state index contributed by atoms with van der Waals surface area (Å²) in [6.07, 6.45) is 2.35. The lowest BCUT2D eigenvalue weighted by Gasteiger charge is -2.23. The minimum Gasteiger partial charge on any atom is -0.350 e. The van der Waals surface area contributed by atoms with Crippen molar-refractivity contribution in [3.8, 4) is 0 Å². The first kappa shape index (κ1) is 13.9. The van der Waals surface area contributed by atoms with Crippen LogP contribution in [0.15, 0.2) is 18.2 Å². The van der Waals surface area contributed by atoms with Crippen molar-refractivity contribution < 1.29 is 13.6 Å². The molecule has 1 aromatic rings. The van der Waals surface area contributed by atoms with Gasteiger partial charge in [-0.05, 0) is 45.0 Å². The van der Waals surface area contributed by atoms with Gasteiger partial charge in [-0.25, -0.2) is 8.78 Å². The van der Waals surface area contributed by atoms with Gasteiger partial charge in [-0.15, -0.1) is 0 Å². The number of amides is 1. The molecule has 104 valence electrons. The van der Waals surface area contributed by atoms with Gasteiger partial charge in [0.25, 0.3) is 5.91 Å². The highest BCUT2D eigenvalue weighted by Gasteiger charge is 2.20. The van der Waals surface area contributed by atoms with E-state index in [9.17, 15) is 13.6 Å². The SMILES string of the molecule is CC(CNC(=O)c1cccc(F)c1F)N1CCCC1. The highest BCUT2D eigenvalue weighted by Crippen LogP contribution is 2.13. The van der Waals surface area contributed by atoms with Crippen molar-refractivity contribution in [3.63, 3.8) is 0 Å². The van der Waals surface area contributed by atoms with Crippen LogP contribution in [-0.2, 0) is 0 Å². The van der Waals surface area contributed by atoms with Gasteiger partial charge in [-0.1, -0.05) is 6.07 Å². The summed E-state index contributed by atoms with van der Waals surface area (Å²) < 4.78 is 26.5. The van der Waals surface area contributed by atoms with Gasteiger partial charge in [0.2, 0.25) is 0 Å². The summed E-state index contributed by atoms with van der Waals surface area (Å²) in [5, 5.41) is 2.66. The Labute approximate surface area is 111 Å². The van der Waals surface area contributed by atoms with Crippen LogP contribution in [0.5, 0.6) is 0 Å². The molecule has 1 saturated heterocycles. The first-order valence-corrected chi connectivity index (χ1v) is 6.56. The van der Waals surface area contributed by atoms with Crippen LogP contribution in [0.2, 0.25) is 0 Å². The van der Waals surface area contributed by atoms with Gasteiger partial charge in [0.1, 0.15) is 0 Å². The van der Waals surface area contributed by atoms with Crippen LogP contribution >= 0.6 is 0 Å². The summed E-state index contributed by atoms with van der Waals surface area (Å²) in [5.41, 5.74) is -0.242. The molecule has 19 heavy (non-hydrogen) atoms. The third-order valence-corrected chi connectivity index (χ3v) is 3.52. The van der Waals surface area contributed by atoms with Crippen molar-refractivity contribution in [1.29, 1.82) is 0 Å². The molecule has 1 aromatic carbocycles. The quantitative estimate of drug-likeness (QED) is 0.907. The Balaban J connectivity index is 1.92. The van der Waals surface area contributed by atoms with Crippen molar-refractivity contribution in [2.75, 3.05) is 19.6 Å². The molecule has 1 unspecified atom stereocenters. The van der Waals surface area contributed by atoms with E-state index >= 15 is 0 Å². The molecule has 0 radical (unpaired) electrons. The highest BCUT2D eigenvalue weighted by molar-refractivity contribution is 5.94. The van der Waals surface area contributed by atoms with Crippen LogP contribution in [0, 0.1) is 11.6 Å². The summed E-state index contributed by atoms with van der Waals surface area (Å²) >= 11 is 0. The van der Waals surface area contributed by atoms with Gasteiger partial charge in [-0.2, -0.15) is 0 Å². The molecule has 1 aliphatic rings. The highest BCUT2D eigenvalue weighted by atomic mass is 19.2. The van der Waals surface area contributed by atoms with E-state index in [1.54, 1.807) is 0 Å². The van der Waals surface area contributed by atoms with Crippen LogP contribution in [0.4, 0.5) is 8.78 Å². The minimum absolute atomic E-state index is 0.211. The number of nitrogens with zero attached hydrogens (tertiary/aromatic N) is 1. The fourth-order valence-electron chi connectivity index (χ4n) is 2.33. The minimum atomic E-state index is -1.09. The average molecular weight is 268 g/mol. The van der Waals surface area contributed by atoms with E-state index in [2.05, 4.69) is 10.2 Å². The second-order valence-corrected chi connectivity index (χ2v) is 4.90. The van der Waals surface area contributed by atoms with E-state index in [1.165, 1.54) is 25.0 Å². The van der Waals surface area contributed by atoms with Crippen LogP contribution in [0.3, 0.4) is 0 Å². The fraction of sp³-hybridized carbons (Fsp3) is 0.500. The number of carbonyl (C=O) groups excluding carboxylic acids is 1. The number of nitrogens with one attached hydrogen (secondary N) is 1.